The van der Waals surface area contributed by atoms with E-state index in [1.165, 1.54) is 11.8 Å². The first-order valence-corrected chi connectivity index (χ1v) is 13.3. The van der Waals surface area contributed by atoms with Gasteiger partial charge in [-0.25, -0.2) is 9.97 Å². The van der Waals surface area contributed by atoms with Crippen molar-refractivity contribution < 1.29 is 23.7 Å². The number of benzene rings is 2. The molecule has 0 aliphatic carbocycles. The topological polar surface area (TPSA) is 95.0 Å². The van der Waals surface area contributed by atoms with Gasteiger partial charge in [0.25, 0.3) is 0 Å². The number of amides is 1. The van der Waals surface area contributed by atoms with E-state index in [9.17, 15) is 4.79 Å². The summed E-state index contributed by atoms with van der Waals surface area (Å²) in [5.74, 6) is 3.47. The summed E-state index contributed by atoms with van der Waals surface area (Å²) < 4.78 is 21.3. The van der Waals surface area contributed by atoms with Gasteiger partial charge in [0, 0.05) is 26.2 Å². The first kappa shape index (κ1) is 29.2. The van der Waals surface area contributed by atoms with Crippen LogP contribution in [0.4, 0.5) is 5.82 Å². The van der Waals surface area contributed by atoms with Gasteiger partial charge < -0.3 is 29.2 Å². The number of hydrogen-bond acceptors (Lipinski definition) is 9. The monoisotopic (exact) mass is 560 g/mol. The van der Waals surface area contributed by atoms with Crippen LogP contribution in [-0.2, 0) is 17.6 Å². The highest BCUT2D eigenvalue weighted by molar-refractivity contribution is 7.99. The molecule has 1 N–H and O–H groups in total. The third-order valence-corrected chi connectivity index (χ3v) is 6.79. The summed E-state index contributed by atoms with van der Waals surface area (Å²) in [7, 11) is 8.37. The lowest BCUT2D eigenvalue weighted by Crippen LogP contribution is -2.27. The van der Waals surface area contributed by atoms with Gasteiger partial charge >= 0.3 is 0 Å². The standard InChI is InChI=1S/C27H33ClN4O5S/c1-32(13-11-19-7-9-21(35-3)23(15-19)37-5)25-16-24(28)30-27(31-25)38-17-26(33)29-12-10-18-6-8-20(34-2)22(14-18)36-4/h6-9,14-16H,10-13,17H2,1-5H3,(H,29,33). The minimum atomic E-state index is -0.109. The van der Waals surface area contributed by atoms with Crippen molar-refractivity contribution in [3.63, 3.8) is 0 Å². The number of aromatic nitrogens is 2. The van der Waals surface area contributed by atoms with Gasteiger partial charge in [-0.1, -0.05) is 35.5 Å². The number of rotatable bonds is 14. The summed E-state index contributed by atoms with van der Waals surface area (Å²) in [5.41, 5.74) is 2.14. The summed E-state index contributed by atoms with van der Waals surface area (Å²) in [4.78, 5) is 23.2. The van der Waals surface area contributed by atoms with Crippen molar-refractivity contribution in [2.75, 3.05) is 59.2 Å². The molecule has 1 amide bonds. The molecule has 3 aromatic rings. The maximum atomic E-state index is 12.4. The molecule has 11 heteroatoms. The minimum absolute atomic E-state index is 0.109. The van der Waals surface area contributed by atoms with Crippen molar-refractivity contribution in [3.05, 3.63) is 58.7 Å². The molecule has 0 aliphatic heterocycles. The highest BCUT2D eigenvalue weighted by atomic mass is 35.5. The summed E-state index contributed by atoms with van der Waals surface area (Å²) in [6, 6.07) is 13.3. The van der Waals surface area contributed by atoms with Gasteiger partial charge in [-0.2, -0.15) is 0 Å². The lowest BCUT2D eigenvalue weighted by molar-refractivity contribution is -0.118. The molecule has 3 rings (SSSR count). The molecule has 1 heterocycles. The number of nitrogens with one attached hydrogen (secondary N) is 1. The van der Waals surface area contributed by atoms with E-state index in [-0.39, 0.29) is 11.7 Å². The van der Waals surface area contributed by atoms with Crippen LogP contribution in [-0.4, -0.2) is 70.2 Å². The summed E-state index contributed by atoms with van der Waals surface area (Å²) >= 11 is 7.50. The van der Waals surface area contributed by atoms with Crippen LogP contribution in [0.1, 0.15) is 11.1 Å². The fraction of sp³-hybridized carbons (Fsp3) is 0.370. The lowest BCUT2D eigenvalue weighted by Gasteiger charge is -2.19. The molecule has 38 heavy (non-hydrogen) atoms. The number of nitrogens with zero attached hydrogens (tertiary/aromatic N) is 3. The van der Waals surface area contributed by atoms with Crippen molar-refractivity contribution >= 4 is 35.1 Å². The van der Waals surface area contributed by atoms with Gasteiger partial charge in [-0.05, 0) is 48.2 Å². The second kappa shape index (κ2) is 14.5. The van der Waals surface area contributed by atoms with Crippen molar-refractivity contribution in [2.24, 2.45) is 0 Å². The number of hydrogen-bond donors (Lipinski definition) is 1. The maximum Gasteiger partial charge on any atom is 0.230 e. The van der Waals surface area contributed by atoms with Gasteiger partial charge in [0.15, 0.2) is 28.2 Å². The van der Waals surface area contributed by atoms with E-state index in [1.54, 1.807) is 34.5 Å². The van der Waals surface area contributed by atoms with E-state index in [1.807, 2.05) is 48.3 Å². The summed E-state index contributed by atoms with van der Waals surface area (Å²) in [6.45, 7) is 1.19. The van der Waals surface area contributed by atoms with Gasteiger partial charge in [0.2, 0.25) is 5.91 Å². The Morgan fingerprint density at radius 2 is 1.45 bits per heavy atom. The third kappa shape index (κ3) is 8.32. The van der Waals surface area contributed by atoms with E-state index in [2.05, 4.69) is 15.3 Å². The van der Waals surface area contributed by atoms with Crippen LogP contribution in [0.5, 0.6) is 23.0 Å². The van der Waals surface area contributed by atoms with Crippen molar-refractivity contribution in [1.29, 1.82) is 0 Å². The summed E-state index contributed by atoms with van der Waals surface area (Å²) in [6.07, 6.45) is 1.43. The minimum Gasteiger partial charge on any atom is -0.493 e. The van der Waals surface area contributed by atoms with Crippen LogP contribution in [0.3, 0.4) is 0 Å². The van der Waals surface area contributed by atoms with Crippen molar-refractivity contribution in [3.8, 4) is 23.0 Å². The molecular weight excluding hydrogens is 528 g/mol. The lowest BCUT2D eigenvalue weighted by atomic mass is 10.1. The van der Waals surface area contributed by atoms with Gasteiger partial charge in [0.1, 0.15) is 11.0 Å². The van der Waals surface area contributed by atoms with Crippen LogP contribution >= 0.6 is 23.4 Å². The van der Waals surface area contributed by atoms with E-state index < -0.39 is 0 Å². The molecule has 0 atom stereocenters. The molecule has 0 fully saturated rings. The van der Waals surface area contributed by atoms with Crippen LogP contribution in [0.2, 0.25) is 5.15 Å². The smallest absolute Gasteiger partial charge is 0.230 e. The Bertz CT molecular complexity index is 1230. The average Bonchev–Trinajstić information content (AvgIpc) is 2.94. The average molecular weight is 561 g/mol. The Labute approximate surface area is 232 Å². The number of halogens is 1. The zero-order valence-electron chi connectivity index (χ0n) is 22.2. The number of carbonyl (C=O) groups excluding carboxylic acids is 1. The molecule has 1 aromatic heterocycles. The van der Waals surface area contributed by atoms with Crippen LogP contribution in [0.15, 0.2) is 47.6 Å². The fourth-order valence-electron chi connectivity index (χ4n) is 3.66. The molecule has 9 nitrogen and oxygen atoms in total. The normalized spacial score (nSPS) is 10.6. The molecule has 2 aromatic carbocycles. The molecule has 0 aliphatic rings. The van der Waals surface area contributed by atoms with Crippen molar-refractivity contribution in [2.45, 2.75) is 18.0 Å². The summed E-state index contributed by atoms with van der Waals surface area (Å²) in [5, 5.41) is 3.69. The predicted molar refractivity (Wildman–Crippen MR) is 151 cm³/mol. The van der Waals surface area contributed by atoms with Gasteiger partial charge in [0.05, 0.1) is 34.2 Å². The van der Waals surface area contributed by atoms with Crippen molar-refractivity contribution in [1.82, 2.24) is 15.3 Å². The SMILES string of the molecule is COc1ccc(CCNC(=O)CSc2nc(Cl)cc(N(C)CCc3ccc(OC)c(OC)c3)n2)cc1OC. The van der Waals surface area contributed by atoms with Crippen LogP contribution in [0.25, 0.3) is 0 Å². The number of carbonyl (C=O) groups is 1. The zero-order valence-corrected chi connectivity index (χ0v) is 23.8. The second-order valence-corrected chi connectivity index (χ2v) is 9.60. The van der Waals surface area contributed by atoms with Crippen LogP contribution < -0.4 is 29.2 Å². The first-order valence-electron chi connectivity index (χ1n) is 11.9. The number of likely N-dealkylation sites (N-methyl/N-ethyl adjacent to an activating group) is 1. The molecular formula is C27H33ClN4O5S. The molecule has 204 valence electrons. The largest absolute Gasteiger partial charge is 0.493 e. The first-order chi connectivity index (χ1) is 18.4. The van der Waals surface area contributed by atoms with Gasteiger partial charge in [-0.3, -0.25) is 4.79 Å². The Morgan fingerprint density at radius 1 is 0.868 bits per heavy atom. The van der Waals surface area contributed by atoms with E-state index in [0.717, 1.165) is 17.5 Å². The highest BCUT2D eigenvalue weighted by Crippen LogP contribution is 2.29. The molecule has 0 bridgehead atoms. The van der Waals surface area contributed by atoms with E-state index >= 15 is 0 Å². The Kier molecular flexibility index (Phi) is 11.2. The van der Waals surface area contributed by atoms with E-state index in [0.29, 0.717) is 58.6 Å². The molecule has 0 unspecified atom stereocenters. The Morgan fingerprint density at radius 3 is 2.03 bits per heavy atom. The Hall–Kier alpha value is -3.37. The second-order valence-electron chi connectivity index (χ2n) is 8.27. The molecule has 0 radical (unpaired) electrons. The number of methoxy groups -OCH3 is 4. The maximum absolute atomic E-state index is 12.4. The third-order valence-electron chi connectivity index (χ3n) is 5.75. The highest BCUT2D eigenvalue weighted by Gasteiger charge is 2.12. The predicted octanol–water partition coefficient (Wildman–Crippen LogP) is 4.29. The number of thioether (sulfide) groups is 1. The number of ether oxygens (including phenoxy) is 4. The molecule has 0 saturated carbocycles. The molecule has 0 saturated heterocycles. The van der Waals surface area contributed by atoms with E-state index in [4.69, 9.17) is 30.5 Å². The van der Waals surface area contributed by atoms with Gasteiger partial charge in [-0.15, -0.1) is 0 Å². The fourth-order valence-corrected chi connectivity index (χ4v) is 4.57. The Balaban J connectivity index is 1.50. The quantitative estimate of drug-likeness (QED) is 0.176. The zero-order chi connectivity index (χ0) is 27.5. The number of anilines is 1. The van der Waals surface area contributed by atoms with Crippen LogP contribution in [0, 0.1) is 0 Å². The molecule has 0 spiro atoms.